The predicted molar refractivity (Wildman–Crippen MR) is 121 cm³/mol. The molecule has 31 heavy (non-hydrogen) atoms. The van der Waals surface area contributed by atoms with Crippen molar-refractivity contribution in [3.05, 3.63) is 11.6 Å². The summed E-state index contributed by atoms with van der Waals surface area (Å²) in [6, 6.07) is 0. The summed E-state index contributed by atoms with van der Waals surface area (Å²) in [7, 11) is 0. The summed E-state index contributed by atoms with van der Waals surface area (Å²) >= 11 is 0. The van der Waals surface area contributed by atoms with E-state index in [1.807, 2.05) is 0 Å². The topological polar surface area (TPSA) is 58.9 Å². The number of hydrogen-bond donors (Lipinski definition) is 2. The van der Waals surface area contributed by atoms with E-state index in [4.69, 9.17) is 9.78 Å². The lowest BCUT2D eigenvalue weighted by Gasteiger charge is -2.65. The molecule has 0 radical (unpaired) electrons. The Hall–Kier alpha value is -0.420. The lowest BCUT2D eigenvalue weighted by molar-refractivity contribution is -0.604. The van der Waals surface area contributed by atoms with Gasteiger partial charge >= 0.3 is 0 Å². The van der Waals surface area contributed by atoms with Crippen molar-refractivity contribution in [1.29, 1.82) is 0 Å². The van der Waals surface area contributed by atoms with Crippen LogP contribution in [0.5, 0.6) is 0 Å². The van der Waals surface area contributed by atoms with Gasteiger partial charge in [-0.2, -0.15) is 4.89 Å². The fourth-order valence-electron chi connectivity index (χ4n) is 9.11. The summed E-state index contributed by atoms with van der Waals surface area (Å²) in [5, 5.41) is 22.0. The molecule has 5 aliphatic rings. The fourth-order valence-corrected chi connectivity index (χ4v) is 9.11. The summed E-state index contributed by atoms with van der Waals surface area (Å²) in [6.07, 6.45) is 11.9. The molecule has 5 rings (SSSR count). The molecule has 176 valence electrons. The van der Waals surface area contributed by atoms with Crippen LogP contribution in [0.3, 0.4) is 0 Å². The molecule has 4 nitrogen and oxygen atoms in total. The SMILES string of the molecule is CC(C)CCC[C@@H](C)[C@H]1CC[C@H]2[C@@H]3CC=C4C[C@H](O)C5OOC5(O)[C@]4(C)[C@H]3CC[C@]12C. The second-order valence-electron chi connectivity index (χ2n) is 12.6. The molecule has 4 heteroatoms. The lowest BCUT2D eigenvalue weighted by Crippen LogP contribution is -2.75. The third kappa shape index (κ3) is 3.00. The van der Waals surface area contributed by atoms with Gasteiger partial charge in [-0.1, -0.05) is 65.5 Å². The van der Waals surface area contributed by atoms with E-state index in [2.05, 4.69) is 40.7 Å². The zero-order valence-corrected chi connectivity index (χ0v) is 20.3. The lowest BCUT2D eigenvalue weighted by atomic mass is 9.45. The highest BCUT2D eigenvalue weighted by molar-refractivity contribution is 5.32. The molecule has 1 heterocycles. The number of rotatable bonds is 5. The largest absolute Gasteiger partial charge is 0.390 e. The van der Waals surface area contributed by atoms with Gasteiger partial charge < -0.3 is 10.2 Å². The molecule has 2 unspecified atom stereocenters. The summed E-state index contributed by atoms with van der Waals surface area (Å²) in [5.74, 6) is 2.80. The Morgan fingerprint density at radius 1 is 1.10 bits per heavy atom. The first-order valence-corrected chi connectivity index (χ1v) is 13.1. The Morgan fingerprint density at radius 2 is 1.87 bits per heavy atom. The van der Waals surface area contributed by atoms with E-state index >= 15 is 0 Å². The van der Waals surface area contributed by atoms with Crippen LogP contribution in [0.25, 0.3) is 0 Å². The van der Waals surface area contributed by atoms with Crippen LogP contribution < -0.4 is 0 Å². The Balaban J connectivity index is 1.38. The Morgan fingerprint density at radius 3 is 2.55 bits per heavy atom. The van der Waals surface area contributed by atoms with Gasteiger partial charge in [-0.3, -0.25) is 0 Å². The zero-order valence-electron chi connectivity index (χ0n) is 20.3. The van der Waals surface area contributed by atoms with Gasteiger partial charge in [-0.15, -0.1) is 0 Å². The Labute approximate surface area is 188 Å². The number of allylic oxidation sites excluding steroid dienone is 1. The van der Waals surface area contributed by atoms with Gasteiger partial charge in [-0.05, 0) is 79.4 Å². The monoisotopic (exact) mass is 432 g/mol. The smallest absolute Gasteiger partial charge is 0.240 e. The summed E-state index contributed by atoms with van der Waals surface area (Å²) in [6.45, 7) is 12.0. The molecular formula is C27H44O4. The number of fused-ring (bicyclic) bond motifs is 7. The molecule has 4 fully saturated rings. The maximum Gasteiger partial charge on any atom is 0.240 e. The van der Waals surface area contributed by atoms with Gasteiger partial charge in [0.25, 0.3) is 0 Å². The highest BCUT2D eigenvalue weighted by Crippen LogP contribution is 2.70. The minimum atomic E-state index is -1.38. The van der Waals surface area contributed by atoms with E-state index < -0.39 is 23.4 Å². The first-order valence-electron chi connectivity index (χ1n) is 13.1. The van der Waals surface area contributed by atoms with Gasteiger partial charge in [0, 0.05) is 0 Å². The maximum absolute atomic E-state index is 11.5. The van der Waals surface area contributed by atoms with Crippen molar-refractivity contribution < 1.29 is 20.0 Å². The van der Waals surface area contributed by atoms with Crippen molar-refractivity contribution >= 4 is 0 Å². The highest BCUT2D eigenvalue weighted by atomic mass is 17.3. The molecule has 0 aromatic heterocycles. The summed E-state index contributed by atoms with van der Waals surface area (Å²) in [4.78, 5) is 10.7. The van der Waals surface area contributed by atoms with Crippen LogP contribution >= 0.6 is 0 Å². The van der Waals surface area contributed by atoms with Crippen LogP contribution in [0, 0.1) is 46.3 Å². The average molecular weight is 433 g/mol. The molecule has 0 aromatic rings. The van der Waals surface area contributed by atoms with E-state index in [9.17, 15) is 10.2 Å². The van der Waals surface area contributed by atoms with Crippen LogP contribution in [0.15, 0.2) is 11.6 Å². The van der Waals surface area contributed by atoms with Crippen LogP contribution in [-0.4, -0.2) is 28.2 Å². The number of aliphatic hydroxyl groups is 2. The maximum atomic E-state index is 11.5. The molecule has 0 amide bonds. The molecule has 2 N–H and O–H groups in total. The third-order valence-corrected chi connectivity index (χ3v) is 10.9. The van der Waals surface area contributed by atoms with E-state index in [1.54, 1.807) is 0 Å². The van der Waals surface area contributed by atoms with E-state index in [0.29, 0.717) is 23.7 Å². The van der Waals surface area contributed by atoms with Crippen molar-refractivity contribution in [2.75, 3.05) is 0 Å². The second kappa shape index (κ2) is 7.55. The Kier molecular flexibility index (Phi) is 5.45. The van der Waals surface area contributed by atoms with Crippen LogP contribution in [0.4, 0.5) is 0 Å². The standard InChI is InChI=1S/C27H44O4/c1-16(2)7-6-8-17(3)20-11-12-21-19-10-9-18-15-23(28)24-27(29,31-30-24)26(18,5)22(19)13-14-25(20,21)4/h9,16-17,19-24,28-29H,6-8,10-15H2,1-5H3/t17-,19+,20-,21+,22+,23+,24?,25-,26+,27?/m1/s1. The van der Waals surface area contributed by atoms with Crippen molar-refractivity contribution in [2.24, 2.45) is 46.3 Å². The van der Waals surface area contributed by atoms with E-state index in [-0.39, 0.29) is 0 Å². The van der Waals surface area contributed by atoms with Gasteiger partial charge in [-0.25, -0.2) is 4.89 Å². The predicted octanol–water partition coefficient (Wildman–Crippen LogP) is 5.63. The number of aliphatic hydroxyl groups excluding tert-OH is 1. The van der Waals surface area contributed by atoms with Crippen LogP contribution in [0.2, 0.25) is 0 Å². The average Bonchev–Trinajstić information content (AvgIpc) is 3.04. The van der Waals surface area contributed by atoms with Crippen molar-refractivity contribution in [2.45, 2.75) is 110 Å². The minimum absolute atomic E-state index is 0.407. The number of hydrogen-bond acceptors (Lipinski definition) is 4. The third-order valence-electron chi connectivity index (χ3n) is 10.9. The molecule has 3 saturated carbocycles. The molecule has 0 bridgehead atoms. The molecular weight excluding hydrogens is 388 g/mol. The molecule has 1 aliphatic heterocycles. The van der Waals surface area contributed by atoms with Crippen LogP contribution in [0.1, 0.15) is 92.4 Å². The second-order valence-corrected chi connectivity index (χ2v) is 12.6. The van der Waals surface area contributed by atoms with E-state index in [0.717, 1.165) is 36.5 Å². The van der Waals surface area contributed by atoms with Gasteiger partial charge in [0.1, 0.15) is 0 Å². The summed E-state index contributed by atoms with van der Waals surface area (Å²) < 4.78 is 0. The first-order chi connectivity index (χ1) is 14.6. The minimum Gasteiger partial charge on any atom is -0.390 e. The quantitative estimate of drug-likeness (QED) is 0.437. The summed E-state index contributed by atoms with van der Waals surface area (Å²) in [5.41, 5.74) is 1.18. The van der Waals surface area contributed by atoms with E-state index in [1.165, 1.54) is 44.1 Å². The van der Waals surface area contributed by atoms with Gasteiger partial charge in [0.15, 0.2) is 6.10 Å². The highest BCUT2D eigenvalue weighted by Gasteiger charge is 2.73. The van der Waals surface area contributed by atoms with Crippen molar-refractivity contribution in [1.82, 2.24) is 0 Å². The molecule has 0 spiro atoms. The molecule has 0 aromatic carbocycles. The van der Waals surface area contributed by atoms with Crippen molar-refractivity contribution in [3.63, 3.8) is 0 Å². The van der Waals surface area contributed by atoms with Gasteiger partial charge in [0.2, 0.25) is 5.79 Å². The molecule has 1 saturated heterocycles. The molecule has 10 atom stereocenters. The fraction of sp³-hybridized carbons (Fsp3) is 0.926. The molecule has 4 aliphatic carbocycles. The zero-order chi connectivity index (χ0) is 22.2. The van der Waals surface area contributed by atoms with Gasteiger partial charge in [0.05, 0.1) is 11.5 Å². The van der Waals surface area contributed by atoms with Crippen LogP contribution in [-0.2, 0) is 9.78 Å². The normalized spacial score (nSPS) is 51.8. The van der Waals surface area contributed by atoms with Crippen molar-refractivity contribution in [3.8, 4) is 0 Å². The first kappa shape index (κ1) is 22.4. The Bertz CT molecular complexity index is 733.